The van der Waals surface area contributed by atoms with Crippen LogP contribution in [0.4, 0.5) is 0 Å². The fourth-order valence-corrected chi connectivity index (χ4v) is 3.14. The topological polar surface area (TPSA) is 90.5 Å². The van der Waals surface area contributed by atoms with Gasteiger partial charge in [-0.3, -0.25) is 14.0 Å². The van der Waals surface area contributed by atoms with Gasteiger partial charge in [0.15, 0.2) is 5.65 Å². The minimum absolute atomic E-state index is 0.154. The molecule has 0 fully saturated rings. The normalized spacial score (nSPS) is 12.4. The zero-order valence-electron chi connectivity index (χ0n) is 15.9. The molecule has 0 saturated heterocycles. The number of aryl methyl sites for hydroxylation is 1. The highest BCUT2D eigenvalue weighted by molar-refractivity contribution is 5.96. The molecular formula is C20H21N7O. The first-order chi connectivity index (χ1) is 13.5. The fourth-order valence-electron chi connectivity index (χ4n) is 3.14. The maximum absolute atomic E-state index is 12.8. The molecule has 0 aliphatic heterocycles. The number of benzene rings is 1. The smallest absolute Gasteiger partial charge is 0.253 e. The van der Waals surface area contributed by atoms with E-state index in [4.69, 9.17) is 0 Å². The van der Waals surface area contributed by atoms with Crippen LogP contribution >= 0.6 is 0 Å². The third-order valence-corrected chi connectivity index (χ3v) is 4.66. The first-order valence-corrected chi connectivity index (χ1v) is 9.08. The molecule has 0 spiro atoms. The van der Waals surface area contributed by atoms with Crippen LogP contribution in [-0.4, -0.2) is 35.2 Å². The Balaban J connectivity index is 1.62. The van der Waals surface area contributed by atoms with Gasteiger partial charge in [-0.05, 0) is 24.1 Å². The molecule has 0 aliphatic rings. The molecule has 3 heterocycles. The predicted molar refractivity (Wildman–Crippen MR) is 105 cm³/mol. The van der Waals surface area contributed by atoms with Crippen molar-refractivity contribution in [1.82, 2.24) is 34.6 Å². The molecule has 0 radical (unpaired) electrons. The Morgan fingerprint density at radius 3 is 2.57 bits per heavy atom. The van der Waals surface area contributed by atoms with Crippen LogP contribution in [0.15, 0.2) is 55.2 Å². The molecule has 3 aromatic heterocycles. The number of nitrogens with zero attached hydrogens (tertiary/aromatic N) is 6. The van der Waals surface area contributed by atoms with Gasteiger partial charge in [-0.1, -0.05) is 32.0 Å². The molecule has 1 N–H and O–H groups in total. The molecule has 8 nitrogen and oxygen atoms in total. The van der Waals surface area contributed by atoms with Crippen LogP contribution in [-0.2, 0) is 7.05 Å². The second-order valence-electron chi connectivity index (χ2n) is 6.95. The third kappa shape index (κ3) is 3.24. The Hall–Kier alpha value is -3.55. The first-order valence-electron chi connectivity index (χ1n) is 9.08. The number of imidazole rings is 1. The van der Waals surface area contributed by atoms with Gasteiger partial charge in [-0.2, -0.15) is 5.10 Å². The van der Waals surface area contributed by atoms with Crippen LogP contribution in [0.2, 0.25) is 0 Å². The van der Waals surface area contributed by atoms with E-state index in [1.807, 2.05) is 55.8 Å². The van der Waals surface area contributed by atoms with Crippen molar-refractivity contribution in [1.29, 1.82) is 0 Å². The Kier molecular flexibility index (Phi) is 4.60. The number of hydrogen-bond acceptors (Lipinski definition) is 5. The number of carbonyl (C=O) groups excluding carboxylic acids is 1. The molecule has 1 aromatic carbocycles. The fraction of sp³-hybridized carbons (Fsp3) is 0.250. The zero-order valence-corrected chi connectivity index (χ0v) is 15.9. The highest BCUT2D eigenvalue weighted by Crippen LogP contribution is 2.21. The van der Waals surface area contributed by atoms with Gasteiger partial charge in [0.25, 0.3) is 5.91 Å². The average Bonchev–Trinajstić information content (AvgIpc) is 3.32. The number of pyridine rings is 1. The summed E-state index contributed by atoms with van der Waals surface area (Å²) in [7, 11) is 1.81. The number of fused-ring (bicyclic) bond motifs is 1. The van der Waals surface area contributed by atoms with Gasteiger partial charge >= 0.3 is 0 Å². The number of amides is 1. The molecular weight excluding hydrogens is 354 g/mol. The summed E-state index contributed by atoms with van der Waals surface area (Å²) in [6, 6.07) is 11.3. The van der Waals surface area contributed by atoms with E-state index >= 15 is 0 Å². The molecule has 4 aromatic rings. The van der Waals surface area contributed by atoms with Crippen LogP contribution in [0, 0.1) is 5.92 Å². The van der Waals surface area contributed by atoms with Crippen molar-refractivity contribution in [2.75, 3.05) is 0 Å². The van der Waals surface area contributed by atoms with Gasteiger partial charge in [0, 0.05) is 18.9 Å². The maximum atomic E-state index is 12.8. The molecule has 4 rings (SSSR count). The second-order valence-corrected chi connectivity index (χ2v) is 6.95. The Morgan fingerprint density at radius 1 is 1.11 bits per heavy atom. The first kappa shape index (κ1) is 17.8. The van der Waals surface area contributed by atoms with E-state index in [-0.39, 0.29) is 17.9 Å². The molecule has 28 heavy (non-hydrogen) atoms. The number of aromatic nitrogens is 6. The van der Waals surface area contributed by atoms with Crippen molar-refractivity contribution in [3.8, 4) is 5.69 Å². The summed E-state index contributed by atoms with van der Waals surface area (Å²) in [6.45, 7) is 4.06. The van der Waals surface area contributed by atoms with E-state index < -0.39 is 0 Å². The van der Waals surface area contributed by atoms with E-state index in [0.29, 0.717) is 22.6 Å². The molecule has 0 aliphatic carbocycles. The molecule has 1 unspecified atom stereocenters. The standard InChI is InChI=1S/C20H21N7O/c1-13(2)17(19-22-11-24-26(19)3)25-20(28)14-9-16-18(21-10-14)27(12-23-16)15-7-5-4-6-8-15/h4-13,17H,1-3H3,(H,25,28). The van der Waals surface area contributed by atoms with Gasteiger partial charge in [0.2, 0.25) is 0 Å². The van der Waals surface area contributed by atoms with Crippen LogP contribution < -0.4 is 5.32 Å². The summed E-state index contributed by atoms with van der Waals surface area (Å²) in [5.41, 5.74) is 2.79. The van der Waals surface area contributed by atoms with E-state index in [0.717, 1.165) is 5.69 Å². The van der Waals surface area contributed by atoms with Crippen molar-refractivity contribution in [3.05, 3.63) is 66.6 Å². The Labute approximate surface area is 162 Å². The van der Waals surface area contributed by atoms with Crippen LogP contribution in [0.3, 0.4) is 0 Å². The third-order valence-electron chi connectivity index (χ3n) is 4.66. The lowest BCUT2D eigenvalue weighted by Gasteiger charge is -2.21. The number of carbonyl (C=O) groups is 1. The lowest BCUT2D eigenvalue weighted by Crippen LogP contribution is -2.33. The van der Waals surface area contributed by atoms with Gasteiger partial charge in [0.05, 0.1) is 11.6 Å². The number of rotatable bonds is 5. The Morgan fingerprint density at radius 2 is 1.89 bits per heavy atom. The monoisotopic (exact) mass is 375 g/mol. The quantitative estimate of drug-likeness (QED) is 0.579. The number of para-hydroxylation sites is 1. The summed E-state index contributed by atoms with van der Waals surface area (Å²) < 4.78 is 3.57. The van der Waals surface area contributed by atoms with E-state index in [1.165, 1.54) is 6.33 Å². The predicted octanol–water partition coefficient (Wildman–Crippen LogP) is 2.68. The maximum Gasteiger partial charge on any atom is 0.253 e. The minimum atomic E-state index is -0.252. The largest absolute Gasteiger partial charge is 0.342 e. The molecule has 142 valence electrons. The summed E-state index contributed by atoms with van der Waals surface area (Å²) >= 11 is 0. The Bertz CT molecular complexity index is 1110. The van der Waals surface area contributed by atoms with Gasteiger partial charge in [0.1, 0.15) is 24.0 Å². The molecule has 1 amide bonds. The average molecular weight is 375 g/mol. The van der Waals surface area contributed by atoms with E-state index in [9.17, 15) is 4.79 Å². The van der Waals surface area contributed by atoms with E-state index in [1.54, 1.807) is 23.3 Å². The van der Waals surface area contributed by atoms with Gasteiger partial charge in [-0.15, -0.1) is 0 Å². The highest BCUT2D eigenvalue weighted by Gasteiger charge is 2.23. The van der Waals surface area contributed by atoms with Crippen molar-refractivity contribution in [3.63, 3.8) is 0 Å². The van der Waals surface area contributed by atoms with Crippen molar-refractivity contribution >= 4 is 17.1 Å². The molecule has 0 saturated carbocycles. The van der Waals surface area contributed by atoms with Crippen LogP contribution in [0.1, 0.15) is 36.1 Å². The van der Waals surface area contributed by atoms with Crippen molar-refractivity contribution in [2.45, 2.75) is 19.9 Å². The van der Waals surface area contributed by atoms with E-state index in [2.05, 4.69) is 25.4 Å². The summed E-state index contributed by atoms with van der Waals surface area (Å²) in [5.74, 6) is 0.650. The van der Waals surface area contributed by atoms with Gasteiger partial charge < -0.3 is 5.32 Å². The number of hydrogen-bond donors (Lipinski definition) is 1. The molecule has 1 atom stereocenters. The van der Waals surface area contributed by atoms with Gasteiger partial charge in [-0.25, -0.2) is 15.0 Å². The summed E-state index contributed by atoms with van der Waals surface area (Å²) in [4.78, 5) is 26.0. The lowest BCUT2D eigenvalue weighted by atomic mass is 10.0. The highest BCUT2D eigenvalue weighted by atomic mass is 16.1. The van der Waals surface area contributed by atoms with Crippen LogP contribution in [0.25, 0.3) is 16.9 Å². The summed E-state index contributed by atoms with van der Waals surface area (Å²) in [6.07, 6.45) is 4.78. The second kappa shape index (κ2) is 7.22. The zero-order chi connectivity index (χ0) is 19.7. The molecule has 8 heteroatoms. The van der Waals surface area contributed by atoms with Crippen LogP contribution in [0.5, 0.6) is 0 Å². The molecule has 0 bridgehead atoms. The number of nitrogens with one attached hydrogen (secondary N) is 1. The SMILES string of the molecule is CC(C)C(NC(=O)c1cnc2c(c1)ncn2-c1ccccc1)c1ncnn1C. The lowest BCUT2D eigenvalue weighted by molar-refractivity contribution is 0.0922. The van der Waals surface area contributed by atoms with Crippen molar-refractivity contribution in [2.24, 2.45) is 13.0 Å². The summed E-state index contributed by atoms with van der Waals surface area (Å²) in [5, 5.41) is 7.14. The minimum Gasteiger partial charge on any atom is -0.342 e. The van der Waals surface area contributed by atoms with Crippen molar-refractivity contribution < 1.29 is 4.79 Å².